The van der Waals surface area contributed by atoms with Gasteiger partial charge in [0, 0.05) is 31.2 Å². The van der Waals surface area contributed by atoms with E-state index in [-0.39, 0.29) is 42.3 Å². The summed E-state index contributed by atoms with van der Waals surface area (Å²) in [6, 6.07) is 12.1. The molecular formula is C20H21F2N3O2S. The third-order valence-corrected chi connectivity index (χ3v) is 5.37. The number of amides is 2. The molecule has 2 aromatic carbocycles. The Hall–Kier alpha value is -2.45. The molecule has 2 atom stereocenters. The molecule has 5 nitrogen and oxygen atoms in total. The number of benzene rings is 2. The maximum absolute atomic E-state index is 13.7. The Morgan fingerprint density at radius 2 is 1.89 bits per heavy atom. The van der Waals surface area contributed by atoms with Gasteiger partial charge in [0.2, 0.25) is 11.8 Å². The third-order valence-electron chi connectivity index (χ3n) is 4.31. The molecule has 1 aliphatic rings. The lowest BCUT2D eigenvalue weighted by Crippen LogP contribution is -2.55. The molecule has 8 heteroatoms. The van der Waals surface area contributed by atoms with Crippen molar-refractivity contribution >= 4 is 23.6 Å². The summed E-state index contributed by atoms with van der Waals surface area (Å²) in [4.78, 5) is 24.1. The highest BCUT2D eigenvalue weighted by atomic mass is 32.2. The number of nitrogens with one attached hydrogen (secondary N) is 3. The van der Waals surface area contributed by atoms with E-state index in [1.165, 1.54) is 30.0 Å². The van der Waals surface area contributed by atoms with Crippen LogP contribution >= 0.6 is 11.8 Å². The van der Waals surface area contributed by atoms with Gasteiger partial charge in [-0.1, -0.05) is 30.3 Å². The van der Waals surface area contributed by atoms with Gasteiger partial charge in [0.1, 0.15) is 17.1 Å². The van der Waals surface area contributed by atoms with E-state index in [9.17, 15) is 18.4 Å². The quantitative estimate of drug-likeness (QED) is 0.663. The predicted molar refractivity (Wildman–Crippen MR) is 104 cm³/mol. The van der Waals surface area contributed by atoms with Crippen LogP contribution in [0.3, 0.4) is 0 Å². The number of hydrogen-bond donors (Lipinski definition) is 3. The van der Waals surface area contributed by atoms with Gasteiger partial charge < -0.3 is 10.6 Å². The first-order chi connectivity index (χ1) is 13.5. The molecule has 1 fully saturated rings. The summed E-state index contributed by atoms with van der Waals surface area (Å²) in [6.07, 6.45) is 0.339. The molecule has 1 saturated heterocycles. The van der Waals surface area contributed by atoms with Crippen molar-refractivity contribution in [3.8, 4) is 0 Å². The van der Waals surface area contributed by atoms with Crippen LogP contribution in [0.25, 0.3) is 0 Å². The van der Waals surface area contributed by atoms with E-state index in [1.807, 2.05) is 0 Å². The highest BCUT2D eigenvalue weighted by molar-refractivity contribution is 7.99. The molecule has 3 N–H and O–H groups in total. The number of thioether (sulfide) groups is 1. The summed E-state index contributed by atoms with van der Waals surface area (Å²) in [6.45, 7) is 0.295. The average molecular weight is 405 g/mol. The number of halogens is 2. The third kappa shape index (κ3) is 6.03. The zero-order valence-corrected chi connectivity index (χ0v) is 15.9. The number of rotatable bonds is 7. The zero-order chi connectivity index (χ0) is 19.9. The monoisotopic (exact) mass is 405 g/mol. The number of hydrogen-bond acceptors (Lipinski definition) is 4. The summed E-state index contributed by atoms with van der Waals surface area (Å²) in [5, 5.41) is 8.78. The van der Waals surface area contributed by atoms with E-state index >= 15 is 0 Å². The summed E-state index contributed by atoms with van der Waals surface area (Å²) in [5.41, 5.74) is 0.959. The average Bonchev–Trinajstić information content (AvgIpc) is 2.66. The largest absolute Gasteiger partial charge is 0.352 e. The Balaban J connectivity index is 1.47. The van der Waals surface area contributed by atoms with Crippen molar-refractivity contribution in [1.82, 2.24) is 16.0 Å². The van der Waals surface area contributed by atoms with Crippen LogP contribution in [-0.4, -0.2) is 23.4 Å². The molecule has 28 heavy (non-hydrogen) atoms. The van der Waals surface area contributed by atoms with Crippen LogP contribution in [0.4, 0.5) is 8.78 Å². The molecule has 0 spiro atoms. The van der Waals surface area contributed by atoms with E-state index in [0.29, 0.717) is 17.9 Å². The zero-order valence-electron chi connectivity index (χ0n) is 15.1. The number of carbonyl (C=O) groups is 2. The van der Waals surface area contributed by atoms with Gasteiger partial charge in [-0.15, -0.1) is 11.8 Å². The smallest absolute Gasteiger partial charge is 0.223 e. The molecule has 0 bridgehead atoms. The molecule has 1 heterocycles. The van der Waals surface area contributed by atoms with Crippen LogP contribution in [0.1, 0.15) is 24.0 Å². The lowest BCUT2D eigenvalue weighted by molar-refractivity contribution is -0.125. The van der Waals surface area contributed by atoms with E-state index in [1.54, 1.807) is 30.3 Å². The predicted octanol–water partition coefficient (Wildman–Crippen LogP) is 2.67. The summed E-state index contributed by atoms with van der Waals surface area (Å²) >= 11 is 1.36. The fraction of sp³-hybridized carbons (Fsp3) is 0.300. The summed E-state index contributed by atoms with van der Waals surface area (Å²) in [5.74, 6) is -0.565. The van der Waals surface area contributed by atoms with Crippen molar-refractivity contribution in [2.45, 2.75) is 36.7 Å². The van der Waals surface area contributed by atoms with Crippen molar-refractivity contribution < 1.29 is 18.4 Å². The lowest BCUT2D eigenvalue weighted by atomic mass is 10.1. The fourth-order valence-electron chi connectivity index (χ4n) is 2.85. The standard InChI is InChI=1S/C20H21F2N3O2S/c21-15-7-5-13(6-8-15)11-23-18(26)9-16-10-19(27)25-20(24-16)28-12-14-3-1-2-4-17(14)22/h1-8,16,20,24H,9-12H2,(H,23,26)(H,25,27). The highest BCUT2D eigenvalue weighted by Crippen LogP contribution is 2.20. The Bertz CT molecular complexity index is 832. The molecule has 2 unspecified atom stereocenters. The van der Waals surface area contributed by atoms with Crippen LogP contribution in [0.5, 0.6) is 0 Å². The minimum Gasteiger partial charge on any atom is -0.352 e. The first-order valence-corrected chi connectivity index (χ1v) is 9.96. The molecule has 0 radical (unpaired) electrons. The second kappa shape index (κ2) is 9.66. The van der Waals surface area contributed by atoms with Gasteiger partial charge in [-0.2, -0.15) is 0 Å². The topological polar surface area (TPSA) is 70.2 Å². The van der Waals surface area contributed by atoms with Crippen molar-refractivity contribution in [2.75, 3.05) is 0 Å². The minimum absolute atomic E-state index is 0.144. The normalized spacial score (nSPS) is 19.1. The van der Waals surface area contributed by atoms with Gasteiger partial charge in [0.15, 0.2) is 0 Å². The molecule has 1 aliphatic heterocycles. The van der Waals surface area contributed by atoms with E-state index in [0.717, 1.165) is 5.56 Å². The van der Waals surface area contributed by atoms with E-state index in [4.69, 9.17) is 0 Å². The molecule has 2 aromatic rings. The Morgan fingerprint density at radius 1 is 1.14 bits per heavy atom. The molecular weight excluding hydrogens is 384 g/mol. The van der Waals surface area contributed by atoms with Crippen LogP contribution in [0, 0.1) is 11.6 Å². The van der Waals surface area contributed by atoms with Crippen LogP contribution in [-0.2, 0) is 21.9 Å². The van der Waals surface area contributed by atoms with Gasteiger partial charge in [-0.05, 0) is 29.3 Å². The van der Waals surface area contributed by atoms with Crippen molar-refractivity contribution in [1.29, 1.82) is 0 Å². The van der Waals surface area contributed by atoms with E-state index < -0.39 is 5.50 Å². The minimum atomic E-state index is -0.393. The van der Waals surface area contributed by atoms with Crippen molar-refractivity contribution in [3.63, 3.8) is 0 Å². The van der Waals surface area contributed by atoms with Gasteiger partial charge in [-0.3, -0.25) is 14.9 Å². The maximum Gasteiger partial charge on any atom is 0.223 e. The van der Waals surface area contributed by atoms with Crippen LogP contribution in [0.2, 0.25) is 0 Å². The van der Waals surface area contributed by atoms with Crippen LogP contribution in [0.15, 0.2) is 48.5 Å². The van der Waals surface area contributed by atoms with Crippen molar-refractivity contribution in [3.05, 3.63) is 71.3 Å². The second-order valence-corrected chi connectivity index (χ2v) is 7.62. The Morgan fingerprint density at radius 3 is 2.64 bits per heavy atom. The Kier molecular flexibility index (Phi) is 7.00. The first-order valence-electron chi connectivity index (χ1n) is 8.91. The first kappa shape index (κ1) is 20.3. The van der Waals surface area contributed by atoms with E-state index in [2.05, 4.69) is 16.0 Å². The van der Waals surface area contributed by atoms with Crippen LogP contribution < -0.4 is 16.0 Å². The second-order valence-electron chi connectivity index (χ2n) is 6.53. The molecule has 0 aliphatic carbocycles. The lowest BCUT2D eigenvalue weighted by Gasteiger charge is -2.31. The van der Waals surface area contributed by atoms with Gasteiger partial charge in [0.05, 0.1) is 0 Å². The maximum atomic E-state index is 13.7. The van der Waals surface area contributed by atoms with Gasteiger partial charge in [-0.25, -0.2) is 8.78 Å². The molecule has 2 amide bonds. The van der Waals surface area contributed by atoms with Gasteiger partial charge in [0.25, 0.3) is 0 Å². The molecule has 0 aromatic heterocycles. The Labute approximate surface area is 166 Å². The molecule has 148 valence electrons. The SMILES string of the molecule is O=C(CC1CC(=O)NC(SCc2ccccc2F)N1)NCc1ccc(F)cc1. The summed E-state index contributed by atoms with van der Waals surface area (Å²) in [7, 11) is 0. The molecule has 3 rings (SSSR count). The fourth-order valence-corrected chi connectivity index (χ4v) is 3.94. The molecule has 0 saturated carbocycles. The van der Waals surface area contributed by atoms with Crippen molar-refractivity contribution in [2.24, 2.45) is 0 Å². The highest BCUT2D eigenvalue weighted by Gasteiger charge is 2.27. The summed E-state index contributed by atoms with van der Waals surface area (Å²) < 4.78 is 26.6. The number of carbonyl (C=O) groups excluding carboxylic acids is 2. The van der Waals surface area contributed by atoms with Gasteiger partial charge >= 0.3 is 0 Å².